The number of rotatable bonds is 5. The van der Waals surface area contributed by atoms with E-state index in [1.54, 1.807) is 0 Å². The number of nitrogens with zero attached hydrogens (tertiary/aromatic N) is 1. The summed E-state index contributed by atoms with van der Waals surface area (Å²) in [5, 5.41) is 10.6. The molecule has 0 atom stereocenters. The summed E-state index contributed by atoms with van der Waals surface area (Å²) >= 11 is 3.01. The second-order valence-corrected chi connectivity index (χ2v) is 5.44. The molecule has 0 aliphatic rings. The van der Waals surface area contributed by atoms with Crippen molar-refractivity contribution in [1.29, 1.82) is 0 Å². The molecule has 0 spiro atoms. The molecule has 0 unspecified atom stereocenters. The van der Waals surface area contributed by atoms with Gasteiger partial charge in [0.25, 0.3) is 5.69 Å². The number of nitro groups is 1. The van der Waals surface area contributed by atoms with Gasteiger partial charge in [-0.3, -0.25) is 19.2 Å². The van der Waals surface area contributed by atoms with Gasteiger partial charge in [-0.15, -0.1) is 0 Å². The van der Waals surface area contributed by atoms with Crippen molar-refractivity contribution >= 4 is 29.4 Å². The Morgan fingerprint density at radius 2 is 1.94 bits per heavy atom. The molecule has 0 radical (unpaired) electrons. The Balaban J connectivity index is 2.99. The van der Waals surface area contributed by atoms with E-state index in [1.165, 1.54) is 32.4 Å². The molecule has 1 aromatic rings. The summed E-state index contributed by atoms with van der Waals surface area (Å²) in [6, 6.07) is 3.82. The average molecular weight is 326 g/mol. The minimum atomic E-state index is -3.65. The van der Waals surface area contributed by atoms with Gasteiger partial charge in [-0.25, -0.2) is 4.57 Å². The Hall–Kier alpha value is -0.950. The highest BCUT2D eigenvalue weighted by Crippen LogP contribution is 2.48. The first-order valence-electron chi connectivity index (χ1n) is 4.27. The molecule has 1 rings (SSSR count). The molecule has 0 fully saturated rings. The van der Waals surface area contributed by atoms with Crippen LogP contribution in [0, 0.1) is 10.1 Å². The second-order valence-electron chi connectivity index (χ2n) is 2.77. The first-order valence-corrected chi connectivity index (χ1v) is 6.52. The number of nitro benzene ring substituents is 1. The molecular weight excluding hydrogens is 317 g/mol. The summed E-state index contributed by atoms with van der Waals surface area (Å²) in [5.74, 6) is 0.134. The van der Waals surface area contributed by atoms with Gasteiger partial charge in [-0.05, 0) is 22.0 Å². The third-order valence-corrected chi connectivity index (χ3v) is 3.74. The summed E-state index contributed by atoms with van der Waals surface area (Å²) in [6.45, 7) is 0. The van der Waals surface area contributed by atoms with Crippen LogP contribution in [0.25, 0.3) is 0 Å². The van der Waals surface area contributed by atoms with E-state index in [4.69, 9.17) is 4.52 Å². The Kier molecular flexibility index (Phi) is 4.64. The molecule has 17 heavy (non-hydrogen) atoms. The SMILES string of the molecule is COP(=O)(OC)Oc1ccc([N+](=O)[O-])c(Br)c1. The van der Waals surface area contributed by atoms with E-state index >= 15 is 0 Å². The zero-order valence-electron chi connectivity index (χ0n) is 8.95. The maximum atomic E-state index is 11.6. The summed E-state index contributed by atoms with van der Waals surface area (Å²) < 4.78 is 26.0. The molecule has 0 N–H and O–H groups in total. The lowest BCUT2D eigenvalue weighted by molar-refractivity contribution is -0.385. The predicted molar refractivity (Wildman–Crippen MR) is 63.0 cm³/mol. The first kappa shape index (κ1) is 14.1. The van der Waals surface area contributed by atoms with Gasteiger partial charge in [0.1, 0.15) is 5.75 Å². The topological polar surface area (TPSA) is 87.9 Å². The Labute approximate surface area is 106 Å². The summed E-state index contributed by atoms with van der Waals surface area (Å²) in [7, 11) is -1.31. The molecule has 0 aliphatic heterocycles. The van der Waals surface area contributed by atoms with Gasteiger partial charge in [0.15, 0.2) is 0 Å². The normalized spacial score (nSPS) is 11.2. The van der Waals surface area contributed by atoms with Crippen molar-refractivity contribution in [3.05, 3.63) is 32.8 Å². The van der Waals surface area contributed by atoms with Gasteiger partial charge in [0, 0.05) is 26.4 Å². The van der Waals surface area contributed by atoms with Crippen molar-refractivity contribution in [2.75, 3.05) is 14.2 Å². The number of phosphoric ester groups is 1. The monoisotopic (exact) mass is 325 g/mol. The minimum Gasteiger partial charge on any atom is -0.404 e. The fourth-order valence-corrected chi connectivity index (χ4v) is 2.14. The van der Waals surface area contributed by atoms with E-state index in [9.17, 15) is 14.7 Å². The molecule has 0 aromatic heterocycles. The zero-order chi connectivity index (χ0) is 13.1. The number of hydrogen-bond donors (Lipinski definition) is 0. The van der Waals surface area contributed by atoms with Crippen LogP contribution in [-0.2, 0) is 13.6 Å². The quantitative estimate of drug-likeness (QED) is 0.469. The molecule has 0 saturated carbocycles. The van der Waals surface area contributed by atoms with Crippen molar-refractivity contribution in [3.8, 4) is 5.75 Å². The molecule has 0 bridgehead atoms. The van der Waals surface area contributed by atoms with Crippen LogP contribution in [0.1, 0.15) is 0 Å². The smallest absolute Gasteiger partial charge is 0.404 e. The van der Waals surface area contributed by atoms with E-state index in [0.717, 1.165) is 0 Å². The van der Waals surface area contributed by atoms with E-state index in [0.29, 0.717) is 0 Å². The summed E-state index contributed by atoms with van der Waals surface area (Å²) in [4.78, 5) is 10.0. The first-order chi connectivity index (χ1) is 7.91. The van der Waals surface area contributed by atoms with Crippen molar-refractivity contribution < 1.29 is 23.1 Å². The van der Waals surface area contributed by atoms with Crippen LogP contribution >= 0.6 is 23.8 Å². The highest BCUT2D eigenvalue weighted by atomic mass is 79.9. The molecule has 9 heteroatoms. The van der Waals surface area contributed by atoms with Crippen LogP contribution in [0.15, 0.2) is 22.7 Å². The van der Waals surface area contributed by atoms with Crippen LogP contribution in [0.2, 0.25) is 0 Å². The van der Waals surface area contributed by atoms with E-state index in [2.05, 4.69) is 25.0 Å². The van der Waals surface area contributed by atoms with E-state index in [-0.39, 0.29) is 15.9 Å². The van der Waals surface area contributed by atoms with Gasteiger partial charge in [0.2, 0.25) is 0 Å². The third kappa shape index (κ3) is 3.50. The molecule has 7 nitrogen and oxygen atoms in total. The second kappa shape index (κ2) is 5.59. The van der Waals surface area contributed by atoms with Gasteiger partial charge < -0.3 is 4.52 Å². The fraction of sp³-hybridized carbons (Fsp3) is 0.250. The maximum Gasteiger partial charge on any atom is 0.529 e. The van der Waals surface area contributed by atoms with Crippen LogP contribution < -0.4 is 4.52 Å². The minimum absolute atomic E-state index is 0.123. The highest BCUT2D eigenvalue weighted by Gasteiger charge is 2.25. The van der Waals surface area contributed by atoms with Gasteiger partial charge in [0.05, 0.1) is 9.40 Å². The lowest BCUT2D eigenvalue weighted by atomic mass is 10.3. The number of phosphoric acid groups is 1. The molecule has 0 aliphatic carbocycles. The average Bonchev–Trinajstić information content (AvgIpc) is 2.28. The van der Waals surface area contributed by atoms with Crippen LogP contribution in [0.3, 0.4) is 0 Å². The van der Waals surface area contributed by atoms with Crippen LogP contribution in [-0.4, -0.2) is 19.1 Å². The van der Waals surface area contributed by atoms with Gasteiger partial charge >= 0.3 is 7.82 Å². The zero-order valence-corrected chi connectivity index (χ0v) is 11.4. The maximum absolute atomic E-state index is 11.6. The van der Waals surface area contributed by atoms with Gasteiger partial charge in [-0.1, -0.05) is 0 Å². The molecule has 0 saturated heterocycles. The van der Waals surface area contributed by atoms with Crippen molar-refractivity contribution in [3.63, 3.8) is 0 Å². The van der Waals surface area contributed by atoms with Crippen molar-refractivity contribution in [2.45, 2.75) is 0 Å². The summed E-state index contributed by atoms with van der Waals surface area (Å²) in [6.07, 6.45) is 0. The fourth-order valence-electron chi connectivity index (χ4n) is 0.971. The van der Waals surface area contributed by atoms with Gasteiger partial charge in [-0.2, -0.15) is 0 Å². The Morgan fingerprint density at radius 1 is 1.35 bits per heavy atom. The Bertz CT molecular complexity index is 471. The molecule has 0 heterocycles. The number of halogens is 1. The van der Waals surface area contributed by atoms with E-state index in [1.807, 2.05) is 0 Å². The third-order valence-electron chi connectivity index (χ3n) is 1.78. The lowest BCUT2D eigenvalue weighted by Crippen LogP contribution is -1.97. The van der Waals surface area contributed by atoms with Crippen LogP contribution in [0.5, 0.6) is 5.75 Å². The molecule has 1 aromatic carbocycles. The largest absolute Gasteiger partial charge is 0.529 e. The number of benzene rings is 1. The number of hydrogen-bond acceptors (Lipinski definition) is 6. The predicted octanol–water partition coefficient (Wildman–Crippen LogP) is 3.14. The summed E-state index contributed by atoms with van der Waals surface area (Å²) in [5.41, 5.74) is -0.123. The van der Waals surface area contributed by atoms with Crippen molar-refractivity contribution in [1.82, 2.24) is 0 Å². The Morgan fingerprint density at radius 3 is 2.35 bits per heavy atom. The lowest BCUT2D eigenvalue weighted by Gasteiger charge is -2.14. The van der Waals surface area contributed by atoms with Crippen LogP contribution in [0.4, 0.5) is 5.69 Å². The molecule has 94 valence electrons. The standard InChI is InChI=1S/C8H9BrNO6P/c1-14-17(13,15-2)16-6-3-4-8(10(11)12)7(9)5-6/h3-5H,1-2H3. The molecule has 0 amide bonds. The highest BCUT2D eigenvalue weighted by molar-refractivity contribution is 9.10. The van der Waals surface area contributed by atoms with E-state index < -0.39 is 12.7 Å². The molecular formula is C8H9BrNO6P. The van der Waals surface area contributed by atoms with Crippen molar-refractivity contribution in [2.24, 2.45) is 0 Å².